The molecule has 3 unspecified atom stereocenters. The quantitative estimate of drug-likeness (QED) is 0.0243. The number of carbonyl (C=O) groups excluding carboxylic acids is 1. The highest BCUT2D eigenvalue weighted by Crippen LogP contribution is 2.43. The third kappa shape index (κ3) is 45.0. The Hall–Kier alpha value is -1.02. The van der Waals surface area contributed by atoms with E-state index in [0.717, 1.165) is 51.4 Å². The zero-order valence-electron chi connectivity index (χ0n) is 40.5. The lowest BCUT2D eigenvalue weighted by atomic mass is 10.0. The Morgan fingerprint density at radius 1 is 0.550 bits per heavy atom. The van der Waals surface area contributed by atoms with Gasteiger partial charge in [0.1, 0.15) is 13.2 Å². The van der Waals surface area contributed by atoms with Gasteiger partial charge in [-0.1, -0.05) is 218 Å². The Morgan fingerprint density at radius 2 is 0.900 bits per heavy atom. The van der Waals surface area contributed by atoms with E-state index < -0.39 is 20.0 Å². The maximum absolute atomic E-state index is 12.9. The van der Waals surface area contributed by atoms with Crippen LogP contribution in [0.4, 0.5) is 0 Å². The van der Waals surface area contributed by atoms with Gasteiger partial charge in [0.15, 0.2) is 0 Å². The second-order valence-corrected chi connectivity index (χ2v) is 20.4. The number of aliphatic hydroxyl groups is 1. The first-order valence-corrected chi connectivity index (χ1v) is 27.2. The van der Waals surface area contributed by atoms with Gasteiger partial charge in [0.05, 0.1) is 39.9 Å². The Balaban J connectivity index is 4.25. The van der Waals surface area contributed by atoms with E-state index in [2.05, 4.69) is 31.3 Å². The summed E-state index contributed by atoms with van der Waals surface area (Å²) in [6.45, 7) is 4.82. The molecule has 3 N–H and O–H groups in total. The predicted molar refractivity (Wildman–Crippen MR) is 258 cm³/mol. The lowest BCUT2D eigenvalue weighted by molar-refractivity contribution is -0.870. The smallest absolute Gasteiger partial charge is 0.387 e. The first-order valence-electron chi connectivity index (χ1n) is 25.7. The molecular formula is C51H102N2O6P+. The number of unbranched alkanes of at least 4 members (excludes halogenated alkanes) is 32. The van der Waals surface area contributed by atoms with Crippen molar-refractivity contribution in [2.24, 2.45) is 0 Å². The van der Waals surface area contributed by atoms with Crippen molar-refractivity contribution in [3.8, 4) is 0 Å². The van der Waals surface area contributed by atoms with Gasteiger partial charge in [0.2, 0.25) is 5.91 Å². The molecule has 0 bridgehead atoms. The van der Waals surface area contributed by atoms with Crippen LogP contribution in [0.3, 0.4) is 0 Å². The average molecular weight is 870 g/mol. The van der Waals surface area contributed by atoms with Crippen molar-refractivity contribution < 1.29 is 32.9 Å². The number of carbonyl (C=O) groups is 1. The molecule has 8 nitrogen and oxygen atoms in total. The molecule has 0 aromatic rings. The number of allylic oxidation sites excluding steroid dienone is 3. The van der Waals surface area contributed by atoms with Crippen LogP contribution >= 0.6 is 7.82 Å². The molecule has 0 rings (SSSR count). The fourth-order valence-electron chi connectivity index (χ4n) is 7.57. The normalized spacial score (nSPS) is 14.3. The van der Waals surface area contributed by atoms with E-state index in [9.17, 15) is 19.4 Å². The zero-order chi connectivity index (χ0) is 44.3. The van der Waals surface area contributed by atoms with Crippen LogP contribution in [0.25, 0.3) is 0 Å². The van der Waals surface area contributed by atoms with Gasteiger partial charge < -0.3 is 19.8 Å². The molecule has 0 spiro atoms. The summed E-state index contributed by atoms with van der Waals surface area (Å²) in [5.74, 6) is -0.184. The first kappa shape index (κ1) is 59.0. The van der Waals surface area contributed by atoms with Gasteiger partial charge in [-0.05, 0) is 44.9 Å². The minimum Gasteiger partial charge on any atom is -0.387 e. The molecule has 9 heteroatoms. The lowest BCUT2D eigenvalue weighted by Gasteiger charge is -2.25. The van der Waals surface area contributed by atoms with E-state index in [1.54, 1.807) is 6.08 Å². The van der Waals surface area contributed by atoms with Gasteiger partial charge in [0.25, 0.3) is 0 Å². The number of amides is 1. The van der Waals surface area contributed by atoms with Crippen molar-refractivity contribution in [3.63, 3.8) is 0 Å². The fourth-order valence-corrected chi connectivity index (χ4v) is 8.30. The van der Waals surface area contributed by atoms with Gasteiger partial charge in [-0.15, -0.1) is 0 Å². The summed E-state index contributed by atoms with van der Waals surface area (Å²) in [5, 5.41) is 13.9. The van der Waals surface area contributed by atoms with Crippen molar-refractivity contribution in [2.75, 3.05) is 40.9 Å². The Kier molecular flexibility index (Phi) is 42.5. The molecule has 0 aromatic heterocycles. The van der Waals surface area contributed by atoms with E-state index >= 15 is 0 Å². The van der Waals surface area contributed by atoms with E-state index in [4.69, 9.17) is 9.05 Å². The van der Waals surface area contributed by atoms with Crippen LogP contribution in [0.15, 0.2) is 24.3 Å². The number of likely N-dealkylation sites (N-methyl/N-ethyl adjacent to an activating group) is 1. The number of rotatable bonds is 47. The maximum Gasteiger partial charge on any atom is 0.472 e. The van der Waals surface area contributed by atoms with E-state index in [1.807, 2.05) is 27.2 Å². The molecule has 0 aliphatic carbocycles. The molecule has 0 aliphatic heterocycles. The summed E-state index contributed by atoms with van der Waals surface area (Å²) < 4.78 is 23.6. The van der Waals surface area contributed by atoms with E-state index in [1.165, 1.54) is 173 Å². The van der Waals surface area contributed by atoms with Crippen molar-refractivity contribution in [1.29, 1.82) is 0 Å². The zero-order valence-corrected chi connectivity index (χ0v) is 41.4. The summed E-state index contributed by atoms with van der Waals surface area (Å²) in [6.07, 6.45) is 52.6. The van der Waals surface area contributed by atoms with Crippen molar-refractivity contribution >= 4 is 13.7 Å². The topological polar surface area (TPSA) is 105 Å². The van der Waals surface area contributed by atoms with Gasteiger partial charge in [-0.2, -0.15) is 0 Å². The summed E-state index contributed by atoms with van der Waals surface area (Å²) in [6, 6.07) is -0.848. The molecular weight excluding hydrogens is 768 g/mol. The summed E-state index contributed by atoms with van der Waals surface area (Å²) >= 11 is 0. The third-order valence-electron chi connectivity index (χ3n) is 11.7. The van der Waals surface area contributed by atoms with Crippen LogP contribution in [0, 0.1) is 0 Å². The van der Waals surface area contributed by atoms with Crippen molar-refractivity contribution in [2.45, 2.75) is 257 Å². The van der Waals surface area contributed by atoms with Crippen LogP contribution in [0.2, 0.25) is 0 Å². The monoisotopic (exact) mass is 870 g/mol. The fraction of sp³-hybridized carbons (Fsp3) is 0.902. The Labute approximate surface area is 373 Å². The average Bonchev–Trinajstić information content (AvgIpc) is 3.20. The number of hydrogen-bond donors (Lipinski definition) is 3. The van der Waals surface area contributed by atoms with Crippen molar-refractivity contribution in [1.82, 2.24) is 5.32 Å². The molecule has 3 atom stereocenters. The van der Waals surface area contributed by atoms with Crippen LogP contribution in [0.1, 0.15) is 245 Å². The van der Waals surface area contributed by atoms with Crippen LogP contribution in [-0.4, -0.2) is 73.4 Å². The molecule has 0 radical (unpaired) electrons. The highest BCUT2D eigenvalue weighted by atomic mass is 31.2. The standard InChI is InChI=1S/C51H101N2O6P/c1-6-8-10-12-14-16-18-20-22-23-24-25-26-27-28-29-30-31-32-34-36-38-40-42-44-50(54)49(48-59-60(56,57)58-47-46-53(3,4)5)52-51(55)45-43-41-39-37-35-33-21-19-17-15-13-11-9-7-2/h19,21,42,44,49-50,54H,6-18,20,22-41,43,45-48H2,1-5H3,(H-,52,55,56,57)/p+1/b21-19-,44-42+. The number of nitrogens with one attached hydrogen (secondary N) is 1. The van der Waals surface area contributed by atoms with E-state index in [-0.39, 0.29) is 19.1 Å². The highest BCUT2D eigenvalue weighted by Gasteiger charge is 2.27. The van der Waals surface area contributed by atoms with Crippen molar-refractivity contribution in [3.05, 3.63) is 24.3 Å². The molecule has 0 aliphatic rings. The molecule has 1 amide bonds. The largest absolute Gasteiger partial charge is 0.472 e. The predicted octanol–water partition coefficient (Wildman–Crippen LogP) is 14.9. The van der Waals surface area contributed by atoms with Gasteiger partial charge in [-0.25, -0.2) is 4.57 Å². The third-order valence-corrected chi connectivity index (χ3v) is 12.6. The lowest BCUT2D eigenvalue weighted by Crippen LogP contribution is -2.45. The molecule has 0 heterocycles. The summed E-state index contributed by atoms with van der Waals surface area (Å²) in [4.78, 5) is 23.2. The summed E-state index contributed by atoms with van der Waals surface area (Å²) in [7, 11) is 1.57. The number of quaternary nitrogens is 1. The van der Waals surface area contributed by atoms with Gasteiger partial charge in [-0.3, -0.25) is 13.8 Å². The number of aliphatic hydroxyl groups excluding tert-OH is 1. The minimum absolute atomic E-state index is 0.0612. The van der Waals surface area contributed by atoms with Crippen LogP contribution in [0.5, 0.6) is 0 Å². The second kappa shape index (κ2) is 43.2. The first-order chi connectivity index (χ1) is 29.0. The SMILES string of the molecule is CCCCCCC/C=C\CCCCCCCC(=O)NC(COP(=O)(O)OCC[N+](C)(C)C)C(O)/C=C/CCCCCCCCCCCCCCCCCCCCCCCC. The van der Waals surface area contributed by atoms with Crippen LogP contribution < -0.4 is 5.32 Å². The Morgan fingerprint density at radius 3 is 1.28 bits per heavy atom. The molecule has 0 aromatic carbocycles. The molecule has 60 heavy (non-hydrogen) atoms. The second-order valence-electron chi connectivity index (χ2n) is 18.9. The number of hydrogen-bond acceptors (Lipinski definition) is 5. The summed E-state index contributed by atoms with van der Waals surface area (Å²) in [5.41, 5.74) is 0. The number of nitrogens with zero attached hydrogens (tertiary/aromatic N) is 1. The van der Waals surface area contributed by atoms with Gasteiger partial charge in [0, 0.05) is 6.42 Å². The molecule has 0 fully saturated rings. The molecule has 0 saturated carbocycles. The number of phosphoric acid groups is 1. The van der Waals surface area contributed by atoms with E-state index in [0.29, 0.717) is 17.4 Å². The van der Waals surface area contributed by atoms with Crippen LogP contribution in [-0.2, 0) is 18.4 Å². The van der Waals surface area contributed by atoms with Gasteiger partial charge >= 0.3 is 7.82 Å². The molecule has 356 valence electrons. The highest BCUT2D eigenvalue weighted by molar-refractivity contribution is 7.47. The number of phosphoric ester groups is 1. The molecule has 0 saturated heterocycles. The Bertz CT molecular complexity index is 1030. The maximum atomic E-state index is 12.9. The minimum atomic E-state index is -4.34.